The summed E-state index contributed by atoms with van der Waals surface area (Å²) < 4.78 is 11.6. The second kappa shape index (κ2) is 8.92. The van der Waals surface area contributed by atoms with E-state index >= 15 is 0 Å². The lowest BCUT2D eigenvalue weighted by molar-refractivity contribution is -0.172. The van der Waals surface area contributed by atoms with Crippen molar-refractivity contribution in [2.75, 3.05) is 7.11 Å². The van der Waals surface area contributed by atoms with Crippen molar-refractivity contribution in [1.29, 1.82) is 0 Å². The number of carbonyl (C=O) groups is 2. The standard InChI is InChI=1S/C27H28N2O6/c1-3-27(33)20-13-22-24-18(14-29(22)25(31)19(20)15-35-26(27)32)16(9-5-4-6-12-23(30)34-2)17-10-7-8-11-21(17)28-24/h7-8,10-11,13,33H,3-6,9,12,14-15H2,1-2H3/t27-/m0/s1. The number of esters is 2. The number of para-hydroxylation sites is 1. The SMILES string of the molecule is CC[C@@]1(O)C(=O)OCc2c1cc1n(c2=O)Cc2c-1nc1ccccc1c2CCCCCC(=O)OC. The molecule has 1 N–H and O–H groups in total. The predicted octanol–water partition coefficient (Wildman–Crippen LogP) is 3.36. The van der Waals surface area contributed by atoms with Crippen LogP contribution in [0.15, 0.2) is 35.1 Å². The molecule has 182 valence electrons. The number of carbonyl (C=O) groups excluding carboxylic acids is 2. The molecule has 4 heterocycles. The fraction of sp³-hybridized carbons (Fsp3) is 0.407. The van der Waals surface area contributed by atoms with E-state index in [0.29, 0.717) is 35.5 Å². The van der Waals surface area contributed by atoms with Crippen LogP contribution in [0.2, 0.25) is 0 Å². The van der Waals surface area contributed by atoms with Crippen molar-refractivity contribution in [2.24, 2.45) is 0 Å². The van der Waals surface area contributed by atoms with Gasteiger partial charge in [-0.3, -0.25) is 9.59 Å². The first-order valence-electron chi connectivity index (χ1n) is 12.0. The van der Waals surface area contributed by atoms with Gasteiger partial charge in [-0.2, -0.15) is 0 Å². The Labute approximate surface area is 202 Å². The third-order valence-corrected chi connectivity index (χ3v) is 7.25. The molecule has 0 saturated heterocycles. The van der Waals surface area contributed by atoms with E-state index in [-0.39, 0.29) is 24.6 Å². The lowest BCUT2D eigenvalue weighted by Gasteiger charge is -2.31. The molecule has 1 aromatic carbocycles. The molecule has 2 aromatic heterocycles. The number of cyclic esters (lactones) is 1. The quantitative estimate of drug-likeness (QED) is 0.322. The van der Waals surface area contributed by atoms with Crippen LogP contribution in [-0.4, -0.2) is 33.7 Å². The number of benzene rings is 1. The summed E-state index contributed by atoms with van der Waals surface area (Å²) >= 11 is 0. The third-order valence-electron chi connectivity index (χ3n) is 7.25. The van der Waals surface area contributed by atoms with Crippen LogP contribution >= 0.6 is 0 Å². The van der Waals surface area contributed by atoms with Crippen LogP contribution in [0, 0.1) is 0 Å². The Bertz CT molecular complexity index is 1410. The second-order valence-electron chi connectivity index (χ2n) is 9.17. The lowest BCUT2D eigenvalue weighted by atomic mass is 9.86. The first-order valence-corrected chi connectivity index (χ1v) is 12.0. The van der Waals surface area contributed by atoms with E-state index in [1.54, 1.807) is 17.6 Å². The highest BCUT2D eigenvalue weighted by Crippen LogP contribution is 2.40. The summed E-state index contributed by atoms with van der Waals surface area (Å²) in [6.45, 7) is 1.93. The molecule has 0 spiro atoms. The van der Waals surface area contributed by atoms with Crippen LogP contribution < -0.4 is 5.56 Å². The van der Waals surface area contributed by atoms with E-state index in [1.807, 2.05) is 24.3 Å². The summed E-state index contributed by atoms with van der Waals surface area (Å²) in [4.78, 5) is 42.2. The first kappa shape index (κ1) is 23.2. The Hall–Kier alpha value is -3.52. The number of hydrogen-bond donors (Lipinski definition) is 1. The number of ether oxygens (including phenoxy) is 2. The summed E-state index contributed by atoms with van der Waals surface area (Å²) in [6.07, 6.45) is 3.82. The first-order chi connectivity index (χ1) is 16.9. The molecule has 8 nitrogen and oxygen atoms in total. The smallest absolute Gasteiger partial charge is 0.343 e. The van der Waals surface area contributed by atoms with Crippen molar-refractivity contribution in [3.05, 3.63) is 62.9 Å². The zero-order chi connectivity index (χ0) is 24.7. The van der Waals surface area contributed by atoms with E-state index in [0.717, 1.165) is 47.7 Å². The van der Waals surface area contributed by atoms with Gasteiger partial charge in [0.2, 0.25) is 0 Å². The number of nitrogens with zero attached hydrogens (tertiary/aromatic N) is 2. The molecule has 1 atom stereocenters. The van der Waals surface area contributed by atoms with Gasteiger partial charge in [0, 0.05) is 22.9 Å². The molecule has 2 aliphatic rings. The zero-order valence-electron chi connectivity index (χ0n) is 19.9. The average molecular weight is 477 g/mol. The van der Waals surface area contributed by atoms with Gasteiger partial charge in [-0.1, -0.05) is 31.5 Å². The van der Waals surface area contributed by atoms with Crippen molar-refractivity contribution in [3.63, 3.8) is 0 Å². The summed E-state index contributed by atoms with van der Waals surface area (Å²) in [7, 11) is 1.40. The number of aliphatic hydroxyl groups is 1. The Balaban J connectivity index is 1.58. The van der Waals surface area contributed by atoms with E-state index in [2.05, 4.69) is 0 Å². The maximum Gasteiger partial charge on any atom is 0.343 e. The average Bonchev–Trinajstić information content (AvgIpc) is 3.24. The van der Waals surface area contributed by atoms with Gasteiger partial charge < -0.3 is 19.1 Å². The summed E-state index contributed by atoms with van der Waals surface area (Å²) in [5.74, 6) is -0.928. The molecule has 5 rings (SSSR count). The zero-order valence-corrected chi connectivity index (χ0v) is 19.9. The number of aryl methyl sites for hydroxylation is 1. The number of hydrogen-bond acceptors (Lipinski definition) is 7. The molecule has 0 aliphatic carbocycles. The van der Waals surface area contributed by atoms with Gasteiger partial charge >= 0.3 is 11.9 Å². The number of methoxy groups -OCH3 is 1. The summed E-state index contributed by atoms with van der Waals surface area (Å²) in [5, 5.41) is 12.1. The van der Waals surface area contributed by atoms with Gasteiger partial charge in [0.25, 0.3) is 5.56 Å². The summed E-state index contributed by atoms with van der Waals surface area (Å²) in [6, 6.07) is 9.66. The highest BCUT2D eigenvalue weighted by molar-refractivity contribution is 5.89. The Morgan fingerprint density at radius 1 is 1.20 bits per heavy atom. The molecule has 0 amide bonds. The fourth-order valence-electron chi connectivity index (χ4n) is 5.25. The van der Waals surface area contributed by atoms with Crippen molar-refractivity contribution >= 4 is 22.8 Å². The molecule has 0 unspecified atom stereocenters. The minimum atomic E-state index is -1.84. The number of fused-ring (bicyclic) bond motifs is 5. The van der Waals surface area contributed by atoms with Gasteiger partial charge in [0.05, 0.1) is 36.1 Å². The van der Waals surface area contributed by atoms with Crippen molar-refractivity contribution in [1.82, 2.24) is 9.55 Å². The number of pyridine rings is 2. The topological polar surface area (TPSA) is 108 Å². The van der Waals surface area contributed by atoms with Crippen LogP contribution in [0.4, 0.5) is 0 Å². The van der Waals surface area contributed by atoms with Crippen LogP contribution in [0.5, 0.6) is 0 Å². The summed E-state index contributed by atoms with van der Waals surface area (Å²) in [5.41, 5.74) is 2.83. The molecule has 2 aliphatic heterocycles. The van der Waals surface area contributed by atoms with Gasteiger partial charge in [0.15, 0.2) is 5.60 Å². The molecule has 0 radical (unpaired) electrons. The minimum Gasteiger partial charge on any atom is -0.469 e. The Kier molecular flexibility index (Phi) is 5.92. The number of unbranched alkanes of at least 4 members (excludes halogenated alkanes) is 2. The van der Waals surface area contributed by atoms with Crippen LogP contribution in [0.3, 0.4) is 0 Å². The molecule has 0 bridgehead atoms. The monoisotopic (exact) mass is 476 g/mol. The van der Waals surface area contributed by atoms with E-state index in [4.69, 9.17) is 14.5 Å². The second-order valence-corrected chi connectivity index (χ2v) is 9.17. The molecule has 0 saturated carbocycles. The highest BCUT2D eigenvalue weighted by atomic mass is 16.6. The largest absolute Gasteiger partial charge is 0.469 e. The fourth-order valence-corrected chi connectivity index (χ4v) is 5.25. The van der Waals surface area contributed by atoms with Crippen molar-refractivity contribution in [2.45, 2.75) is 64.2 Å². The molecular weight excluding hydrogens is 448 g/mol. The maximum absolute atomic E-state index is 13.5. The van der Waals surface area contributed by atoms with Gasteiger partial charge in [-0.15, -0.1) is 0 Å². The normalized spacial score (nSPS) is 18.1. The molecular formula is C27H28N2O6. The van der Waals surface area contributed by atoms with E-state index < -0.39 is 11.6 Å². The van der Waals surface area contributed by atoms with Gasteiger partial charge in [-0.05, 0) is 43.4 Å². The minimum absolute atomic E-state index is 0.108. The Morgan fingerprint density at radius 3 is 2.77 bits per heavy atom. The van der Waals surface area contributed by atoms with Crippen molar-refractivity contribution < 1.29 is 24.2 Å². The molecule has 8 heteroatoms. The predicted molar refractivity (Wildman–Crippen MR) is 129 cm³/mol. The van der Waals surface area contributed by atoms with Gasteiger partial charge in [-0.25, -0.2) is 9.78 Å². The molecule has 0 fully saturated rings. The Morgan fingerprint density at radius 2 is 2.00 bits per heavy atom. The van der Waals surface area contributed by atoms with Crippen LogP contribution in [-0.2, 0) is 44.2 Å². The lowest BCUT2D eigenvalue weighted by Crippen LogP contribution is -2.44. The van der Waals surface area contributed by atoms with Gasteiger partial charge in [0.1, 0.15) is 6.61 Å². The van der Waals surface area contributed by atoms with E-state index in [1.165, 1.54) is 7.11 Å². The van der Waals surface area contributed by atoms with Crippen LogP contribution in [0.1, 0.15) is 61.3 Å². The van der Waals surface area contributed by atoms with E-state index in [9.17, 15) is 19.5 Å². The van der Waals surface area contributed by atoms with Crippen molar-refractivity contribution in [3.8, 4) is 11.4 Å². The van der Waals surface area contributed by atoms with Crippen LogP contribution in [0.25, 0.3) is 22.3 Å². The number of rotatable bonds is 7. The maximum atomic E-state index is 13.5. The molecule has 35 heavy (non-hydrogen) atoms. The molecule has 3 aromatic rings. The third kappa shape index (κ3) is 3.72. The highest BCUT2D eigenvalue weighted by Gasteiger charge is 2.45. The number of aromatic nitrogens is 2.